The van der Waals surface area contributed by atoms with Gasteiger partial charge in [0.15, 0.2) is 0 Å². The van der Waals surface area contributed by atoms with Crippen LogP contribution >= 0.6 is 0 Å². The number of carbonyl (C=O) groups excluding carboxylic acids is 2. The topological polar surface area (TPSA) is 86.8 Å². The second-order valence-electron chi connectivity index (χ2n) is 8.21. The Morgan fingerprint density at radius 1 is 1.10 bits per heavy atom. The van der Waals surface area contributed by atoms with Crippen molar-refractivity contribution in [2.45, 2.75) is 50.6 Å². The molecule has 0 saturated carbocycles. The maximum absolute atomic E-state index is 12.7. The van der Waals surface area contributed by atoms with Gasteiger partial charge in [0.05, 0.1) is 4.90 Å². The number of anilines is 1. The lowest BCUT2D eigenvalue weighted by Gasteiger charge is -2.29. The summed E-state index contributed by atoms with van der Waals surface area (Å²) in [6.45, 7) is 4.72. The van der Waals surface area contributed by atoms with Crippen LogP contribution in [0.2, 0.25) is 0 Å². The van der Waals surface area contributed by atoms with Gasteiger partial charge in [-0.15, -0.1) is 0 Å². The van der Waals surface area contributed by atoms with Crippen LogP contribution in [0.4, 0.5) is 5.69 Å². The number of rotatable bonds is 5. The highest BCUT2D eigenvalue weighted by molar-refractivity contribution is 7.89. The molecule has 0 fully saturated rings. The van der Waals surface area contributed by atoms with Gasteiger partial charge < -0.3 is 9.80 Å². The van der Waals surface area contributed by atoms with Crippen LogP contribution in [0, 0.1) is 0 Å². The maximum Gasteiger partial charge on any atom is 0.240 e. The standard InChI is InChI=1S/C23H27N3O4S/c1-16-13-20-14-21(7-8-22(20)26(16)17(2)27)31(29,30)24-11-9-23(28)25-12-10-18-5-3-4-6-19(18)15-25/h3-8,14,16,24H,9-13,15H2,1-2H3/t16-/m1/s1. The third-order valence-corrected chi connectivity index (χ3v) is 7.49. The van der Waals surface area contributed by atoms with Crippen molar-refractivity contribution in [2.75, 3.05) is 18.0 Å². The third-order valence-electron chi connectivity index (χ3n) is 6.03. The highest BCUT2D eigenvalue weighted by Crippen LogP contribution is 2.33. The Balaban J connectivity index is 1.36. The van der Waals surface area contributed by atoms with E-state index in [1.165, 1.54) is 18.6 Å². The Morgan fingerprint density at radius 2 is 1.84 bits per heavy atom. The summed E-state index contributed by atoms with van der Waals surface area (Å²) < 4.78 is 28.0. The largest absolute Gasteiger partial charge is 0.338 e. The van der Waals surface area contributed by atoms with Crippen LogP contribution < -0.4 is 9.62 Å². The first-order valence-electron chi connectivity index (χ1n) is 10.5. The van der Waals surface area contributed by atoms with Crippen molar-refractivity contribution < 1.29 is 18.0 Å². The van der Waals surface area contributed by atoms with Gasteiger partial charge in [-0.2, -0.15) is 0 Å². The normalized spacial score (nSPS) is 17.9. The van der Waals surface area contributed by atoms with Crippen LogP contribution in [0.15, 0.2) is 47.4 Å². The van der Waals surface area contributed by atoms with Crippen LogP contribution in [-0.2, 0) is 39.0 Å². The number of nitrogens with zero attached hydrogens (tertiary/aromatic N) is 2. The smallest absolute Gasteiger partial charge is 0.240 e. The molecule has 0 unspecified atom stereocenters. The minimum atomic E-state index is -3.74. The Morgan fingerprint density at radius 3 is 2.58 bits per heavy atom. The fourth-order valence-corrected chi connectivity index (χ4v) is 5.58. The molecule has 7 nitrogen and oxygen atoms in total. The van der Waals surface area contributed by atoms with Crippen LogP contribution in [0.5, 0.6) is 0 Å². The van der Waals surface area contributed by atoms with Gasteiger partial charge in [-0.25, -0.2) is 13.1 Å². The van der Waals surface area contributed by atoms with E-state index >= 15 is 0 Å². The van der Waals surface area contributed by atoms with E-state index in [-0.39, 0.29) is 35.7 Å². The van der Waals surface area contributed by atoms with Gasteiger partial charge in [-0.1, -0.05) is 24.3 Å². The number of amides is 2. The number of hydrogen-bond donors (Lipinski definition) is 1. The van der Waals surface area contributed by atoms with Crippen molar-refractivity contribution >= 4 is 27.5 Å². The van der Waals surface area contributed by atoms with Crippen molar-refractivity contribution in [3.63, 3.8) is 0 Å². The molecule has 0 aliphatic carbocycles. The van der Waals surface area contributed by atoms with E-state index < -0.39 is 10.0 Å². The summed E-state index contributed by atoms with van der Waals surface area (Å²) in [5.41, 5.74) is 4.02. The molecule has 0 spiro atoms. The molecule has 0 saturated heterocycles. The SMILES string of the molecule is CC(=O)N1c2ccc(S(=O)(=O)NCCC(=O)N3CCc4ccccc4C3)cc2C[C@H]1C. The van der Waals surface area contributed by atoms with Crippen molar-refractivity contribution in [3.8, 4) is 0 Å². The lowest BCUT2D eigenvalue weighted by Crippen LogP contribution is -2.38. The number of carbonyl (C=O) groups is 2. The number of benzene rings is 2. The second kappa shape index (κ2) is 8.43. The van der Waals surface area contributed by atoms with Crippen molar-refractivity contribution in [3.05, 3.63) is 59.2 Å². The molecule has 2 aliphatic heterocycles. The van der Waals surface area contributed by atoms with Crippen LogP contribution in [0.1, 0.15) is 37.0 Å². The lowest BCUT2D eigenvalue weighted by molar-refractivity contribution is -0.132. The molecule has 1 atom stereocenters. The Labute approximate surface area is 183 Å². The third kappa shape index (κ3) is 4.36. The molecule has 2 aliphatic rings. The van der Waals surface area contributed by atoms with E-state index in [0.29, 0.717) is 19.5 Å². The van der Waals surface area contributed by atoms with E-state index in [1.54, 1.807) is 21.9 Å². The van der Waals surface area contributed by atoms with E-state index in [9.17, 15) is 18.0 Å². The fraction of sp³-hybridized carbons (Fsp3) is 0.391. The summed E-state index contributed by atoms with van der Waals surface area (Å²) in [7, 11) is -3.74. The minimum absolute atomic E-state index is 0.00529. The average molecular weight is 442 g/mol. The Hall–Kier alpha value is -2.71. The molecule has 2 aromatic rings. The van der Waals surface area contributed by atoms with Gasteiger partial charge in [0.2, 0.25) is 21.8 Å². The summed E-state index contributed by atoms with van der Waals surface area (Å²) in [5.74, 6) is -0.115. The maximum atomic E-state index is 12.7. The second-order valence-corrected chi connectivity index (χ2v) is 9.98. The molecule has 1 N–H and O–H groups in total. The number of fused-ring (bicyclic) bond motifs is 2. The molecule has 8 heteroatoms. The van der Waals surface area contributed by atoms with Gasteiger partial charge in [0, 0.05) is 44.7 Å². The summed E-state index contributed by atoms with van der Waals surface area (Å²) in [5, 5.41) is 0. The van der Waals surface area contributed by atoms with Crippen molar-refractivity contribution in [1.82, 2.24) is 9.62 Å². The van der Waals surface area contributed by atoms with E-state index in [1.807, 2.05) is 25.1 Å². The molecule has 0 radical (unpaired) electrons. The predicted molar refractivity (Wildman–Crippen MR) is 118 cm³/mol. The van der Waals surface area contributed by atoms with Gasteiger partial charge in [0.25, 0.3) is 0 Å². The quantitative estimate of drug-likeness (QED) is 0.771. The molecular formula is C23H27N3O4S. The van der Waals surface area contributed by atoms with Crippen molar-refractivity contribution in [2.24, 2.45) is 0 Å². The molecular weight excluding hydrogens is 414 g/mol. The number of sulfonamides is 1. The lowest BCUT2D eigenvalue weighted by atomic mass is 10.00. The van der Waals surface area contributed by atoms with E-state index in [4.69, 9.17) is 0 Å². The molecule has 2 heterocycles. The monoisotopic (exact) mass is 441 g/mol. The molecule has 31 heavy (non-hydrogen) atoms. The summed E-state index contributed by atoms with van der Waals surface area (Å²) in [6.07, 6.45) is 1.55. The van der Waals surface area contributed by atoms with E-state index in [2.05, 4.69) is 10.8 Å². The van der Waals surface area contributed by atoms with Gasteiger partial charge in [0.1, 0.15) is 0 Å². The van der Waals surface area contributed by atoms with E-state index in [0.717, 1.165) is 23.2 Å². The zero-order valence-corrected chi connectivity index (χ0v) is 18.6. The number of nitrogens with one attached hydrogen (secondary N) is 1. The summed E-state index contributed by atoms with van der Waals surface area (Å²) in [6, 6.07) is 12.9. The van der Waals surface area contributed by atoms with Gasteiger partial charge in [-0.05, 0) is 54.7 Å². The predicted octanol–water partition coefficient (Wildman–Crippen LogP) is 2.24. The van der Waals surface area contributed by atoms with Crippen molar-refractivity contribution in [1.29, 1.82) is 0 Å². The molecule has 4 rings (SSSR count). The van der Waals surface area contributed by atoms with Crippen LogP contribution in [-0.4, -0.2) is 44.3 Å². The molecule has 164 valence electrons. The average Bonchev–Trinajstić information content (AvgIpc) is 3.08. The van der Waals surface area contributed by atoms with Gasteiger partial charge in [-0.3, -0.25) is 9.59 Å². The highest BCUT2D eigenvalue weighted by Gasteiger charge is 2.30. The first-order valence-corrected chi connectivity index (χ1v) is 12.0. The molecule has 0 aromatic heterocycles. The first kappa shape index (κ1) is 21.5. The zero-order chi connectivity index (χ0) is 22.2. The molecule has 0 bridgehead atoms. The van der Waals surface area contributed by atoms with Gasteiger partial charge >= 0.3 is 0 Å². The fourth-order valence-electron chi connectivity index (χ4n) is 4.50. The number of hydrogen-bond acceptors (Lipinski definition) is 4. The Kier molecular flexibility index (Phi) is 5.85. The first-order chi connectivity index (χ1) is 14.8. The Bertz CT molecular complexity index is 1130. The van der Waals surface area contributed by atoms with Crippen LogP contribution in [0.3, 0.4) is 0 Å². The van der Waals surface area contributed by atoms with Crippen LogP contribution in [0.25, 0.3) is 0 Å². The summed E-state index contributed by atoms with van der Waals surface area (Å²) >= 11 is 0. The zero-order valence-electron chi connectivity index (χ0n) is 17.8. The highest BCUT2D eigenvalue weighted by atomic mass is 32.2. The minimum Gasteiger partial charge on any atom is -0.338 e. The molecule has 2 aromatic carbocycles. The summed E-state index contributed by atoms with van der Waals surface area (Å²) in [4.78, 5) is 28.1. The molecule has 2 amide bonds.